The monoisotopic (exact) mass is 194 g/mol. The van der Waals surface area contributed by atoms with Crippen molar-refractivity contribution in [3.8, 4) is 0 Å². The zero-order valence-electron chi connectivity index (χ0n) is 8.74. The van der Waals surface area contributed by atoms with Gasteiger partial charge in [-0.05, 0) is 19.8 Å². The van der Waals surface area contributed by atoms with E-state index < -0.39 is 5.60 Å². The standard InChI is InChI=1S/C11H18N2O/c1-2-13-9-10(8-12-13)11(14)6-4-3-5-7-11/h8-9,14H,2-7H2,1H3. The summed E-state index contributed by atoms with van der Waals surface area (Å²) in [6.45, 7) is 2.93. The lowest BCUT2D eigenvalue weighted by molar-refractivity contribution is -0.000702. The molecule has 14 heavy (non-hydrogen) atoms. The van der Waals surface area contributed by atoms with Crippen LogP contribution in [-0.2, 0) is 12.1 Å². The zero-order chi connectivity index (χ0) is 10.0. The van der Waals surface area contributed by atoms with Crippen molar-refractivity contribution in [3.63, 3.8) is 0 Å². The third-order valence-electron chi connectivity index (χ3n) is 3.18. The van der Waals surface area contributed by atoms with Gasteiger partial charge in [-0.2, -0.15) is 5.10 Å². The maximum Gasteiger partial charge on any atom is 0.0926 e. The molecule has 1 aliphatic carbocycles. The predicted octanol–water partition coefficient (Wildman–Crippen LogP) is 2.05. The Hall–Kier alpha value is -0.830. The quantitative estimate of drug-likeness (QED) is 0.782. The lowest BCUT2D eigenvalue weighted by Crippen LogP contribution is -2.27. The van der Waals surface area contributed by atoms with Crippen molar-refractivity contribution in [2.75, 3.05) is 0 Å². The molecule has 0 atom stereocenters. The second kappa shape index (κ2) is 3.73. The van der Waals surface area contributed by atoms with Crippen LogP contribution in [0.1, 0.15) is 44.6 Å². The molecule has 1 saturated carbocycles. The summed E-state index contributed by atoms with van der Waals surface area (Å²) in [5.74, 6) is 0. The van der Waals surface area contributed by atoms with Crippen LogP contribution < -0.4 is 0 Å². The van der Waals surface area contributed by atoms with Crippen molar-refractivity contribution < 1.29 is 5.11 Å². The number of aromatic nitrogens is 2. The molecule has 0 unspecified atom stereocenters. The van der Waals surface area contributed by atoms with E-state index in [1.165, 1.54) is 6.42 Å². The van der Waals surface area contributed by atoms with Gasteiger partial charge in [0.15, 0.2) is 0 Å². The first-order chi connectivity index (χ1) is 6.74. The fraction of sp³-hybridized carbons (Fsp3) is 0.727. The summed E-state index contributed by atoms with van der Waals surface area (Å²) in [7, 11) is 0. The van der Waals surface area contributed by atoms with E-state index >= 15 is 0 Å². The molecule has 1 aromatic rings. The molecule has 3 nitrogen and oxygen atoms in total. The molecular formula is C11H18N2O. The van der Waals surface area contributed by atoms with E-state index in [0.29, 0.717) is 0 Å². The molecule has 1 heterocycles. The Morgan fingerprint density at radius 2 is 2.14 bits per heavy atom. The molecule has 1 fully saturated rings. The van der Waals surface area contributed by atoms with Gasteiger partial charge in [0, 0.05) is 18.3 Å². The van der Waals surface area contributed by atoms with Gasteiger partial charge >= 0.3 is 0 Å². The minimum absolute atomic E-state index is 0.592. The van der Waals surface area contributed by atoms with Crippen LogP contribution in [0.3, 0.4) is 0 Å². The first kappa shape index (κ1) is 9.71. The van der Waals surface area contributed by atoms with Gasteiger partial charge in [0.25, 0.3) is 0 Å². The lowest BCUT2D eigenvalue weighted by atomic mass is 9.81. The Labute approximate surface area is 84.7 Å². The third-order valence-corrected chi connectivity index (χ3v) is 3.18. The Morgan fingerprint density at radius 3 is 2.71 bits per heavy atom. The number of aryl methyl sites for hydroxylation is 1. The summed E-state index contributed by atoms with van der Waals surface area (Å²) in [5, 5.41) is 14.6. The SMILES string of the molecule is CCn1cc(C2(O)CCCCC2)cn1. The van der Waals surface area contributed by atoms with Gasteiger partial charge in [0.2, 0.25) is 0 Å². The van der Waals surface area contributed by atoms with Crippen molar-refractivity contribution in [1.29, 1.82) is 0 Å². The fourth-order valence-corrected chi connectivity index (χ4v) is 2.20. The number of hydrogen-bond donors (Lipinski definition) is 1. The van der Waals surface area contributed by atoms with E-state index in [1.54, 1.807) is 0 Å². The van der Waals surface area contributed by atoms with Crippen LogP contribution in [0.15, 0.2) is 12.4 Å². The van der Waals surface area contributed by atoms with Crippen molar-refractivity contribution in [1.82, 2.24) is 9.78 Å². The van der Waals surface area contributed by atoms with Crippen LogP contribution in [0.2, 0.25) is 0 Å². The highest BCUT2D eigenvalue weighted by atomic mass is 16.3. The minimum atomic E-state index is -0.592. The van der Waals surface area contributed by atoms with Gasteiger partial charge in [0.1, 0.15) is 0 Å². The van der Waals surface area contributed by atoms with E-state index in [2.05, 4.69) is 12.0 Å². The maximum absolute atomic E-state index is 10.4. The highest BCUT2D eigenvalue weighted by molar-refractivity contribution is 5.15. The molecule has 0 saturated heterocycles. The molecule has 1 N–H and O–H groups in total. The molecule has 0 bridgehead atoms. The minimum Gasteiger partial charge on any atom is -0.385 e. The third kappa shape index (κ3) is 1.69. The Kier molecular flexibility index (Phi) is 2.59. The molecule has 2 rings (SSSR count). The van der Waals surface area contributed by atoms with Crippen LogP contribution in [0.5, 0.6) is 0 Å². The molecule has 0 spiro atoms. The summed E-state index contributed by atoms with van der Waals surface area (Å²) in [4.78, 5) is 0. The molecule has 78 valence electrons. The van der Waals surface area contributed by atoms with Crippen molar-refractivity contribution in [2.24, 2.45) is 0 Å². The lowest BCUT2D eigenvalue weighted by Gasteiger charge is -2.30. The van der Waals surface area contributed by atoms with Gasteiger partial charge < -0.3 is 5.11 Å². The smallest absolute Gasteiger partial charge is 0.0926 e. The summed E-state index contributed by atoms with van der Waals surface area (Å²) in [6, 6.07) is 0. The first-order valence-corrected chi connectivity index (χ1v) is 5.50. The highest BCUT2D eigenvalue weighted by Crippen LogP contribution is 2.36. The summed E-state index contributed by atoms with van der Waals surface area (Å²) in [5.41, 5.74) is 0.408. The van der Waals surface area contributed by atoms with Gasteiger partial charge in [0.05, 0.1) is 11.8 Å². The normalized spacial score (nSPS) is 21.0. The Bertz CT molecular complexity index is 300. The van der Waals surface area contributed by atoms with E-state index in [9.17, 15) is 5.11 Å². The number of hydrogen-bond acceptors (Lipinski definition) is 2. The average Bonchev–Trinajstić information content (AvgIpc) is 2.67. The molecule has 3 heteroatoms. The zero-order valence-corrected chi connectivity index (χ0v) is 8.74. The van der Waals surface area contributed by atoms with E-state index in [1.807, 2.05) is 17.1 Å². The average molecular weight is 194 g/mol. The molecule has 0 radical (unpaired) electrons. The van der Waals surface area contributed by atoms with E-state index in [0.717, 1.165) is 37.8 Å². The van der Waals surface area contributed by atoms with Gasteiger partial charge in [-0.25, -0.2) is 0 Å². The maximum atomic E-state index is 10.4. The predicted molar refractivity (Wildman–Crippen MR) is 54.9 cm³/mol. The van der Waals surface area contributed by atoms with Crippen LogP contribution in [-0.4, -0.2) is 14.9 Å². The van der Waals surface area contributed by atoms with Crippen molar-refractivity contribution in [2.45, 2.75) is 51.2 Å². The van der Waals surface area contributed by atoms with Crippen LogP contribution in [0, 0.1) is 0 Å². The number of aliphatic hydroxyl groups is 1. The molecule has 0 aliphatic heterocycles. The molecule has 0 amide bonds. The van der Waals surface area contributed by atoms with Crippen LogP contribution >= 0.6 is 0 Å². The molecule has 0 aromatic carbocycles. The Balaban J connectivity index is 2.19. The van der Waals surface area contributed by atoms with E-state index in [-0.39, 0.29) is 0 Å². The molecular weight excluding hydrogens is 176 g/mol. The van der Waals surface area contributed by atoms with Crippen LogP contribution in [0.4, 0.5) is 0 Å². The van der Waals surface area contributed by atoms with E-state index in [4.69, 9.17) is 0 Å². The fourth-order valence-electron chi connectivity index (χ4n) is 2.20. The van der Waals surface area contributed by atoms with Crippen molar-refractivity contribution in [3.05, 3.63) is 18.0 Å². The van der Waals surface area contributed by atoms with Gasteiger partial charge in [-0.3, -0.25) is 4.68 Å². The largest absolute Gasteiger partial charge is 0.385 e. The van der Waals surface area contributed by atoms with Gasteiger partial charge in [-0.15, -0.1) is 0 Å². The van der Waals surface area contributed by atoms with Crippen molar-refractivity contribution >= 4 is 0 Å². The summed E-state index contributed by atoms with van der Waals surface area (Å²) in [6.07, 6.45) is 9.09. The van der Waals surface area contributed by atoms with Crippen LogP contribution in [0.25, 0.3) is 0 Å². The van der Waals surface area contributed by atoms with Gasteiger partial charge in [-0.1, -0.05) is 19.3 Å². The highest BCUT2D eigenvalue weighted by Gasteiger charge is 2.32. The second-order valence-corrected chi connectivity index (χ2v) is 4.18. The molecule has 1 aromatic heterocycles. The molecule has 1 aliphatic rings. The Morgan fingerprint density at radius 1 is 1.43 bits per heavy atom. The summed E-state index contributed by atoms with van der Waals surface area (Å²) >= 11 is 0. The second-order valence-electron chi connectivity index (χ2n) is 4.18. The number of rotatable bonds is 2. The topological polar surface area (TPSA) is 38.0 Å². The first-order valence-electron chi connectivity index (χ1n) is 5.50. The summed E-state index contributed by atoms with van der Waals surface area (Å²) < 4.78 is 1.88. The number of nitrogens with zero attached hydrogens (tertiary/aromatic N) is 2.